The van der Waals surface area contributed by atoms with Crippen molar-refractivity contribution in [3.8, 4) is 0 Å². The van der Waals surface area contributed by atoms with Crippen LogP contribution in [0.4, 0.5) is 4.79 Å². The minimum Gasteiger partial charge on any atom is -0.350 e. The number of nitrogens with zero attached hydrogens (tertiary/aromatic N) is 2. The zero-order chi connectivity index (χ0) is 27.7. The highest BCUT2D eigenvalue weighted by Crippen LogP contribution is 2.28. The summed E-state index contributed by atoms with van der Waals surface area (Å²) in [5.41, 5.74) is 3.62. The zero-order valence-electron chi connectivity index (χ0n) is 22.1. The molecule has 0 radical (unpaired) electrons. The lowest BCUT2D eigenvalue weighted by atomic mass is 10.0. The number of nitrogens with one attached hydrogen (secondary N) is 2. The standard InChI is InChI=1S/C33H32N4O3/c38-31(34-21-25-13-5-1-6-14-25)29-30(32(39)35-22-26-15-7-2-8-16-26)37(24-28-19-11-4-12-20-28)33(40)36(29)23-27-17-9-3-10-18-27/h1-20,29-30H,21-24H2,(H,34,38)(H,35,39)/t29-,30-/m1/s1. The molecule has 0 aliphatic carbocycles. The number of rotatable bonds is 10. The Balaban J connectivity index is 1.47. The monoisotopic (exact) mass is 532 g/mol. The molecule has 4 aromatic rings. The fourth-order valence-corrected chi connectivity index (χ4v) is 4.99. The van der Waals surface area contributed by atoms with E-state index in [1.807, 2.05) is 121 Å². The van der Waals surface area contributed by atoms with Crippen molar-refractivity contribution < 1.29 is 14.4 Å². The molecule has 202 valence electrons. The molecule has 1 saturated heterocycles. The van der Waals surface area contributed by atoms with E-state index in [2.05, 4.69) is 10.6 Å². The van der Waals surface area contributed by atoms with Gasteiger partial charge in [0.1, 0.15) is 12.1 Å². The number of carbonyl (C=O) groups excluding carboxylic acids is 3. The quantitative estimate of drug-likeness (QED) is 0.316. The van der Waals surface area contributed by atoms with E-state index in [1.165, 1.54) is 9.80 Å². The molecule has 7 heteroatoms. The Morgan fingerprint density at radius 2 is 0.800 bits per heavy atom. The van der Waals surface area contributed by atoms with Gasteiger partial charge in [-0.1, -0.05) is 121 Å². The van der Waals surface area contributed by atoms with Gasteiger partial charge >= 0.3 is 6.03 Å². The molecule has 0 aromatic heterocycles. The van der Waals surface area contributed by atoms with Crippen molar-refractivity contribution in [1.82, 2.24) is 20.4 Å². The average molecular weight is 533 g/mol. The first-order chi connectivity index (χ1) is 19.6. The summed E-state index contributed by atoms with van der Waals surface area (Å²) in [7, 11) is 0. The number of urea groups is 1. The predicted molar refractivity (Wildman–Crippen MR) is 154 cm³/mol. The Hall–Kier alpha value is -4.91. The van der Waals surface area contributed by atoms with Gasteiger partial charge in [0, 0.05) is 26.2 Å². The maximum absolute atomic E-state index is 14.0. The molecule has 7 nitrogen and oxygen atoms in total. The second-order valence-electron chi connectivity index (χ2n) is 9.81. The summed E-state index contributed by atoms with van der Waals surface area (Å²) in [6.45, 7) is 0.995. The minimum atomic E-state index is -1.02. The molecule has 1 heterocycles. The molecule has 1 aliphatic rings. The van der Waals surface area contributed by atoms with Crippen LogP contribution in [0.1, 0.15) is 22.3 Å². The van der Waals surface area contributed by atoms with Gasteiger partial charge in [-0.25, -0.2) is 4.79 Å². The number of amides is 4. The molecule has 4 aromatic carbocycles. The molecule has 2 atom stereocenters. The highest BCUT2D eigenvalue weighted by atomic mass is 16.2. The van der Waals surface area contributed by atoms with E-state index in [9.17, 15) is 14.4 Å². The van der Waals surface area contributed by atoms with Crippen molar-refractivity contribution in [3.63, 3.8) is 0 Å². The first-order valence-electron chi connectivity index (χ1n) is 13.4. The van der Waals surface area contributed by atoms with Gasteiger partial charge in [-0.3, -0.25) is 9.59 Å². The first-order valence-corrected chi connectivity index (χ1v) is 13.4. The Kier molecular flexibility index (Phi) is 8.51. The van der Waals surface area contributed by atoms with E-state index >= 15 is 0 Å². The summed E-state index contributed by atoms with van der Waals surface area (Å²) in [4.78, 5) is 44.7. The van der Waals surface area contributed by atoms with Crippen molar-refractivity contribution in [1.29, 1.82) is 0 Å². The van der Waals surface area contributed by atoms with Crippen LogP contribution in [0, 0.1) is 0 Å². The molecular weight excluding hydrogens is 500 g/mol. The molecule has 4 amide bonds. The third-order valence-electron chi connectivity index (χ3n) is 7.01. The summed E-state index contributed by atoms with van der Waals surface area (Å²) in [5, 5.41) is 5.96. The molecule has 40 heavy (non-hydrogen) atoms. The first kappa shape index (κ1) is 26.7. The van der Waals surface area contributed by atoms with Crippen molar-refractivity contribution in [2.24, 2.45) is 0 Å². The lowest BCUT2D eigenvalue weighted by Gasteiger charge is -2.26. The van der Waals surface area contributed by atoms with Crippen LogP contribution < -0.4 is 10.6 Å². The third-order valence-corrected chi connectivity index (χ3v) is 7.01. The fourth-order valence-electron chi connectivity index (χ4n) is 4.99. The van der Waals surface area contributed by atoms with E-state index < -0.39 is 12.1 Å². The summed E-state index contributed by atoms with van der Waals surface area (Å²) in [6, 6.07) is 35.8. The highest BCUT2D eigenvalue weighted by molar-refractivity contribution is 6.00. The minimum absolute atomic E-state index is 0.205. The van der Waals surface area contributed by atoms with E-state index in [-0.39, 0.29) is 30.9 Å². The molecule has 1 aliphatic heterocycles. The van der Waals surface area contributed by atoms with Crippen molar-refractivity contribution in [3.05, 3.63) is 144 Å². The summed E-state index contributed by atoms with van der Waals surface area (Å²) in [5.74, 6) is -0.743. The maximum Gasteiger partial charge on any atom is 0.322 e. The molecule has 0 unspecified atom stereocenters. The molecule has 0 bridgehead atoms. The molecule has 0 saturated carbocycles. The van der Waals surface area contributed by atoms with E-state index in [0.29, 0.717) is 13.1 Å². The molecule has 5 rings (SSSR count). The van der Waals surface area contributed by atoms with Gasteiger partial charge < -0.3 is 20.4 Å². The van der Waals surface area contributed by atoms with Crippen LogP contribution in [0.5, 0.6) is 0 Å². The van der Waals surface area contributed by atoms with Crippen molar-refractivity contribution >= 4 is 17.8 Å². The van der Waals surface area contributed by atoms with Gasteiger partial charge in [-0.15, -0.1) is 0 Å². The largest absolute Gasteiger partial charge is 0.350 e. The number of carbonyl (C=O) groups is 3. The van der Waals surface area contributed by atoms with Crippen LogP contribution in [0.2, 0.25) is 0 Å². The smallest absolute Gasteiger partial charge is 0.322 e. The summed E-state index contributed by atoms with van der Waals surface area (Å²) >= 11 is 0. The zero-order valence-corrected chi connectivity index (χ0v) is 22.1. The Labute approximate surface area is 234 Å². The average Bonchev–Trinajstić information content (AvgIpc) is 3.27. The van der Waals surface area contributed by atoms with Gasteiger partial charge in [0.05, 0.1) is 0 Å². The molecule has 2 N–H and O–H groups in total. The Bertz CT molecular complexity index is 1310. The van der Waals surface area contributed by atoms with Gasteiger partial charge in [-0.05, 0) is 22.3 Å². The van der Waals surface area contributed by atoms with Gasteiger partial charge in [0.2, 0.25) is 11.8 Å². The summed E-state index contributed by atoms with van der Waals surface area (Å²) in [6.07, 6.45) is 0. The lowest BCUT2D eigenvalue weighted by molar-refractivity contribution is -0.133. The fraction of sp³-hybridized carbons (Fsp3) is 0.182. The normalized spacial score (nSPS) is 16.6. The van der Waals surface area contributed by atoms with Crippen LogP contribution in [0.25, 0.3) is 0 Å². The van der Waals surface area contributed by atoms with E-state index in [0.717, 1.165) is 22.3 Å². The Morgan fingerprint density at radius 1 is 0.500 bits per heavy atom. The van der Waals surface area contributed by atoms with Crippen LogP contribution in [-0.2, 0) is 35.8 Å². The molecule has 0 spiro atoms. The van der Waals surface area contributed by atoms with E-state index in [1.54, 1.807) is 0 Å². The number of hydrogen-bond acceptors (Lipinski definition) is 3. The van der Waals surface area contributed by atoms with Gasteiger partial charge in [-0.2, -0.15) is 0 Å². The van der Waals surface area contributed by atoms with Crippen molar-refractivity contribution in [2.75, 3.05) is 0 Å². The van der Waals surface area contributed by atoms with Crippen LogP contribution in [0.3, 0.4) is 0 Å². The topological polar surface area (TPSA) is 81.8 Å². The maximum atomic E-state index is 14.0. The molecular formula is C33H32N4O3. The summed E-state index contributed by atoms with van der Waals surface area (Å²) < 4.78 is 0. The third kappa shape index (κ3) is 6.38. The van der Waals surface area contributed by atoms with Crippen LogP contribution in [0.15, 0.2) is 121 Å². The lowest BCUT2D eigenvalue weighted by Crippen LogP contribution is -2.54. The van der Waals surface area contributed by atoms with Gasteiger partial charge in [0.15, 0.2) is 0 Å². The second kappa shape index (κ2) is 12.8. The number of hydrogen-bond donors (Lipinski definition) is 2. The second-order valence-corrected chi connectivity index (χ2v) is 9.81. The predicted octanol–water partition coefficient (Wildman–Crippen LogP) is 4.49. The van der Waals surface area contributed by atoms with E-state index in [4.69, 9.17) is 0 Å². The highest BCUT2D eigenvalue weighted by Gasteiger charge is 2.52. The van der Waals surface area contributed by atoms with Gasteiger partial charge in [0.25, 0.3) is 0 Å². The van der Waals surface area contributed by atoms with Crippen LogP contribution in [-0.4, -0.2) is 39.7 Å². The SMILES string of the molecule is O=C(NCc1ccccc1)[C@H]1[C@H](C(=O)NCc2ccccc2)N(Cc2ccccc2)C(=O)N1Cc1ccccc1. The van der Waals surface area contributed by atoms with Crippen molar-refractivity contribution in [2.45, 2.75) is 38.3 Å². The Morgan fingerprint density at radius 3 is 1.12 bits per heavy atom. The number of benzene rings is 4. The molecule has 1 fully saturated rings. The van der Waals surface area contributed by atoms with Crippen LogP contribution >= 0.6 is 0 Å².